The van der Waals surface area contributed by atoms with Crippen LogP contribution in [-0.4, -0.2) is 40.8 Å². The Hall–Kier alpha value is -2.39. The van der Waals surface area contributed by atoms with E-state index in [1.807, 2.05) is 6.92 Å². The largest absolute Gasteiger partial charge is 0.462 e. The van der Waals surface area contributed by atoms with Crippen LogP contribution in [0.5, 0.6) is 0 Å². The number of hydrogen-bond acceptors (Lipinski definition) is 7. The zero-order chi connectivity index (χ0) is 21.0. The van der Waals surface area contributed by atoms with Crippen LogP contribution in [0.15, 0.2) is 0 Å². The van der Waals surface area contributed by atoms with E-state index in [4.69, 9.17) is 21.1 Å². The fraction of sp³-hybridized carbons (Fsp3) is 0.444. The number of aryl methyl sites for hydroxylation is 1. The normalized spacial score (nSPS) is 10.6. The summed E-state index contributed by atoms with van der Waals surface area (Å²) in [5.41, 5.74) is 1.17. The van der Waals surface area contributed by atoms with Crippen LogP contribution < -0.4 is 5.32 Å². The van der Waals surface area contributed by atoms with Gasteiger partial charge in [-0.1, -0.05) is 18.5 Å². The van der Waals surface area contributed by atoms with Gasteiger partial charge < -0.3 is 14.8 Å². The van der Waals surface area contributed by atoms with Gasteiger partial charge in [0.25, 0.3) is 5.91 Å². The average Bonchev–Trinajstić information content (AvgIpc) is 3.11. The van der Waals surface area contributed by atoms with Gasteiger partial charge in [-0.2, -0.15) is 5.10 Å². The molecule has 0 unspecified atom stereocenters. The van der Waals surface area contributed by atoms with Crippen molar-refractivity contribution in [2.24, 2.45) is 7.05 Å². The van der Waals surface area contributed by atoms with Crippen LogP contribution in [0.4, 0.5) is 5.00 Å². The van der Waals surface area contributed by atoms with Crippen molar-refractivity contribution in [2.75, 3.05) is 18.5 Å². The first-order chi connectivity index (χ1) is 13.2. The maximum absolute atomic E-state index is 12.7. The SMILES string of the molecule is CCCOC(=O)c1c(NC(=O)c2nn(C)c(C)c2Cl)sc(C(=O)OCC)c1C. The summed E-state index contributed by atoms with van der Waals surface area (Å²) in [4.78, 5) is 37.6. The molecule has 0 atom stereocenters. The number of nitrogens with zero attached hydrogens (tertiary/aromatic N) is 2. The van der Waals surface area contributed by atoms with Crippen LogP contribution in [0, 0.1) is 13.8 Å². The lowest BCUT2D eigenvalue weighted by molar-refractivity contribution is 0.0506. The van der Waals surface area contributed by atoms with Crippen LogP contribution in [0.2, 0.25) is 5.02 Å². The van der Waals surface area contributed by atoms with E-state index in [0.717, 1.165) is 11.3 Å². The van der Waals surface area contributed by atoms with E-state index in [1.54, 1.807) is 27.8 Å². The first-order valence-electron chi connectivity index (χ1n) is 8.70. The number of carbonyl (C=O) groups excluding carboxylic acids is 3. The Balaban J connectivity index is 2.44. The Labute approximate surface area is 171 Å². The number of halogens is 1. The van der Waals surface area contributed by atoms with Crippen molar-refractivity contribution in [1.29, 1.82) is 0 Å². The van der Waals surface area contributed by atoms with Gasteiger partial charge in [0, 0.05) is 7.05 Å². The molecule has 0 radical (unpaired) electrons. The number of amides is 1. The number of thiophene rings is 1. The molecule has 152 valence electrons. The molecule has 0 aliphatic rings. The summed E-state index contributed by atoms with van der Waals surface area (Å²) in [6, 6.07) is 0. The number of hydrogen-bond donors (Lipinski definition) is 1. The van der Waals surface area contributed by atoms with E-state index in [2.05, 4.69) is 10.4 Å². The zero-order valence-electron chi connectivity index (χ0n) is 16.3. The highest BCUT2D eigenvalue weighted by Gasteiger charge is 2.28. The van der Waals surface area contributed by atoms with Crippen molar-refractivity contribution >= 4 is 45.8 Å². The third-order valence-electron chi connectivity index (χ3n) is 3.95. The molecule has 8 nitrogen and oxygen atoms in total. The van der Waals surface area contributed by atoms with Crippen LogP contribution in [-0.2, 0) is 16.5 Å². The maximum atomic E-state index is 12.7. The Bertz CT molecular complexity index is 919. The molecule has 0 aliphatic heterocycles. The molecule has 28 heavy (non-hydrogen) atoms. The van der Waals surface area contributed by atoms with Gasteiger partial charge in [-0.05, 0) is 32.8 Å². The van der Waals surface area contributed by atoms with Crippen LogP contribution >= 0.6 is 22.9 Å². The molecule has 1 amide bonds. The van der Waals surface area contributed by atoms with E-state index in [9.17, 15) is 14.4 Å². The number of nitrogens with one attached hydrogen (secondary N) is 1. The Morgan fingerprint density at radius 3 is 2.39 bits per heavy atom. The molecule has 0 spiro atoms. The minimum Gasteiger partial charge on any atom is -0.462 e. The second-order valence-electron chi connectivity index (χ2n) is 5.94. The molecule has 2 rings (SSSR count). The van der Waals surface area contributed by atoms with Crippen LogP contribution in [0.3, 0.4) is 0 Å². The predicted molar refractivity (Wildman–Crippen MR) is 106 cm³/mol. The number of ether oxygens (including phenoxy) is 2. The monoisotopic (exact) mass is 427 g/mol. The fourth-order valence-corrected chi connectivity index (χ4v) is 3.73. The smallest absolute Gasteiger partial charge is 0.348 e. The Morgan fingerprint density at radius 1 is 1.18 bits per heavy atom. The zero-order valence-corrected chi connectivity index (χ0v) is 17.9. The molecule has 2 aromatic heterocycles. The minimum atomic E-state index is -0.621. The van der Waals surface area contributed by atoms with Crippen molar-refractivity contribution in [3.8, 4) is 0 Å². The molecule has 0 bridgehead atoms. The van der Waals surface area contributed by atoms with Gasteiger partial charge in [0.2, 0.25) is 0 Å². The number of aromatic nitrogens is 2. The van der Waals surface area contributed by atoms with Crippen molar-refractivity contribution < 1.29 is 23.9 Å². The van der Waals surface area contributed by atoms with E-state index in [1.165, 1.54) is 4.68 Å². The van der Waals surface area contributed by atoms with Gasteiger partial charge in [-0.25, -0.2) is 9.59 Å². The fourth-order valence-electron chi connectivity index (χ4n) is 2.40. The van der Waals surface area contributed by atoms with Crippen LogP contribution in [0.25, 0.3) is 0 Å². The molecule has 0 fully saturated rings. The summed E-state index contributed by atoms with van der Waals surface area (Å²) < 4.78 is 11.7. The summed E-state index contributed by atoms with van der Waals surface area (Å²) in [6.45, 7) is 7.31. The highest BCUT2D eigenvalue weighted by Crippen LogP contribution is 2.35. The lowest BCUT2D eigenvalue weighted by Gasteiger charge is -2.07. The molecule has 1 N–H and O–H groups in total. The highest BCUT2D eigenvalue weighted by molar-refractivity contribution is 7.18. The first kappa shape index (κ1) is 21.9. The molecule has 0 saturated heterocycles. The van der Waals surface area contributed by atoms with Gasteiger partial charge in [-0.3, -0.25) is 9.48 Å². The second-order valence-corrected chi connectivity index (χ2v) is 7.34. The van der Waals surface area contributed by atoms with Gasteiger partial charge in [0.1, 0.15) is 9.88 Å². The van der Waals surface area contributed by atoms with Crippen molar-refractivity contribution in [3.05, 3.63) is 32.4 Å². The van der Waals surface area contributed by atoms with E-state index in [-0.39, 0.29) is 39.4 Å². The number of rotatable bonds is 7. The second kappa shape index (κ2) is 9.20. The van der Waals surface area contributed by atoms with E-state index >= 15 is 0 Å². The third-order valence-corrected chi connectivity index (χ3v) is 5.59. The van der Waals surface area contributed by atoms with Crippen LogP contribution in [0.1, 0.15) is 62.0 Å². The Morgan fingerprint density at radius 2 is 1.86 bits per heavy atom. The predicted octanol–water partition coefficient (Wildman–Crippen LogP) is 3.75. The molecule has 2 aromatic rings. The topological polar surface area (TPSA) is 99.5 Å². The van der Waals surface area contributed by atoms with E-state index in [0.29, 0.717) is 17.7 Å². The molecule has 0 saturated carbocycles. The lowest BCUT2D eigenvalue weighted by atomic mass is 10.1. The number of carbonyl (C=O) groups is 3. The Kier molecular flexibility index (Phi) is 7.20. The molecular formula is C18H22ClN3O5S. The summed E-state index contributed by atoms with van der Waals surface area (Å²) in [6.07, 6.45) is 0.643. The summed E-state index contributed by atoms with van der Waals surface area (Å²) in [7, 11) is 1.67. The highest BCUT2D eigenvalue weighted by atomic mass is 35.5. The molecule has 0 aromatic carbocycles. The maximum Gasteiger partial charge on any atom is 0.348 e. The van der Waals surface area contributed by atoms with Gasteiger partial charge in [0.15, 0.2) is 5.69 Å². The van der Waals surface area contributed by atoms with Crippen molar-refractivity contribution in [2.45, 2.75) is 34.1 Å². The standard InChI is InChI=1S/C18H22ClN3O5S/c1-6-8-27-17(24)11-9(3)14(18(25)26-7-2)28-16(11)20-15(23)13-12(19)10(4)22(5)21-13/h6-8H2,1-5H3,(H,20,23). The molecule has 2 heterocycles. The first-order valence-corrected chi connectivity index (χ1v) is 9.90. The number of anilines is 1. The van der Waals surface area contributed by atoms with E-state index < -0.39 is 17.8 Å². The summed E-state index contributed by atoms with van der Waals surface area (Å²) in [5, 5.41) is 7.13. The molecule has 0 aliphatic carbocycles. The van der Waals surface area contributed by atoms with Gasteiger partial charge in [0.05, 0.1) is 29.5 Å². The quantitative estimate of drug-likeness (QED) is 0.675. The lowest BCUT2D eigenvalue weighted by Crippen LogP contribution is -2.16. The molecule has 10 heteroatoms. The summed E-state index contributed by atoms with van der Waals surface area (Å²) >= 11 is 7.12. The molecular weight excluding hydrogens is 406 g/mol. The third kappa shape index (κ3) is 4.36. The van der Waals surface area contributed by atoms with Gasteiger partial charge >= 0.3 is 11.9 Å². The number of esters is 2. The minimum absolute atomic E-state index is 0.0262. The van der Waals surface area contributed by atoms with Crippen molar-refractivity contribution in [3.63, 3.8) is 0 Å². The average molecular weight is 428 g/mol. The van der Waals surface area contributed by atoms with Gasteiger partial charge in [-0.15, -0.1) is 11.3 Å². The van der Waals surface area contributed by atoms with Crippen molar-refractivity contribution in [1.82, 2.24) is 9.78 Å². The summed E-state index contributed by atoms with van der Waals surface area (Å²) in [5.74, 6) is -1.78.